The number of ether oxygens (including phenoxy) is 9. The van der Waals surface area contributed by atoms with E-state index < -0.39 is 41.8 Å². The Morgan fingerprint density at radius 1 is 0.456 bits per heavy atom. The van der Waals surface area contributed by atoms with Crippen LogP contribution in [0.1, 0.15) is 112 Å². The predicted octanol–water partition coefficient (Wildman–Crippen LogP) is 10.0. The van der Waals surface area contributed by atoms with E-state index in [1.807, 2.05) is 25.1 Å². The van der Waals surface area contributed by atoms with Crippen molar-refractivity contribution in [2.75, 3.05) is 33.0 Å². The lowest BCUT2D eigenvalue weighted by atomic mass is 10.1. The van der Waals surface area contributed by atoms with Crippen LogP contribution in [-0.2, 0) is 87.4 Å². The monoisotopic (exact) mass is 1260 g/mol. The molecule has 3 aliphatic heterocycles. The molecule has 0 aromatic heterocycles. The third kappa shape index (κ3) is 57.2. The molecule has 0 aliphatic carbocycles. The van der Waals surface area contributed by atoms with E-state index >= 15 is 0 Å². The molecule has 3 heterocycles. The van der Waals surface area contributed by atoms with E-state index in [1.54, 1.807) is 56.3 Å². The van der Waals surface area contributed by atoms with Crippen LogP contribution >= 0.6 is 0 Å². The van der Waals surface area contributed by atoms with Crippen LogP contribution in [0, 0.1) is 0 Å². The molecule has 3 aromatic carbocycles. The number of phenolic OH excluding ortho intramolecular Hbond substituents is 1. The molecule has 3 unspecified atom stereocenters. The Morgan fingerprint density at radius 3 is 1.13 bits per heavy atom. The molecule has 492 valence electrons. The van der Waals surface area contributed by atoms with Gasteiger partial charge in [0.1, 0.15) is 5.75 Å². The number of rotatable bonds is 26. The molecule has 3 aromatic rings. The number of esters is 6. The first kappa shape index (κ1) is 84.4. The number of hydrogen-bond donors (Lipinski definition) is 6. The fourth-order valence-electron chi connectivity index (χ4n) is 5.26. The van der Waals surface area contributed by atoms with Gasteiger partial charge in [-0.15, -0.1) is 0 Å². The second kappa shape index (κ2) is 52.3. The first-order chi connectivity index (χ1) is 42.5. The first-order valence-corrected chi connectivity index (χ1v) is 27.1. The number of aliphatic hydroxyl groups is 2. The smallest absolute Gasteiger partial charge is 0.335 e. The van der Waals surface area contributed by atoms with E-state index in [9.17, 15) is 43.2 Å². The number of epoxide rings is 3. The fraction of sp³-hybridized carbons (Fsp3) is 0.318. The average molecular weight is 1260 g/mol. The van der Waals surface area contributed by atoms with Gasteiger partial charge in [0.25, 0.3) is 0 Å². The molecule has 24 nitrogen and oxygen atoms in total. The first-order valence-electron chi connectivity index (χ1n) is 27.1. The van der Waals surface area contributed by atoms with Crippen LogP contribution in [0.15, 0.2) is 168 Å². The minimum Gasteiger partial charge on any atom is -0.508 e. The molecule has 3 aliphatic rings. The van der Waals surface area contributed by atoms with Gasteiger partial charge in [0.15, 0.2) is 0 Å². The van der Waals surface area contributed by atoms with Crippen molar-refractivity contribution in [1.29, 1.82) is 0 Å². The predicted molar refractivity (Wildman–Crippen MR) is 334 cm³/mol. The molecule has 0 amide bonds. The minimum absolute atomic E-state index is 0.0337. The van der Waals surface area contributed by atoms with Crippen molar-refractivity contribution in [3.8, 4) is 5.75 Å². The van der Waals surface area contributed by atoms with Gasteiger partial charge < -0.3 is 73.3 Å². The van der Waals surface area contributed by atoms with Crippen molar-refractivity contribution in [3.63, 3.8) is 0 Å². The number of hydrogen-bond acceptors (Lipinski definition) is 21. The fourth-order valence-corrected chi connectivity index (χ4v) is 5.26. The molecule has 6 rings (SSSR count). The minimum atomic E-state index is -1.01. The molecule has 24 heteroatoms. The van der Waals surface area contributed by atoms with Gasteiger partial charge in [-0.05, 0) is 74.2 Å². The summed E-state index contributed by atoms with van der Waals surface area (Å²) in [6.45, 7) is 39.3. The molecule has 3 fully saturated rings. The van der Waals surface area contributed by atoms with Crippen LogP contribution < -0.4 is 0 Å². The third-order valence-electron chi connectivity index (χ3n) is 9.65. The Bertz CT molecular complexity index is 2750. The summed E-state index contributed by atoms with van der Waals surface area (Å²) in [5.41, 5.74) is 5.76. The molecule has 0 bridgehead atoms. The summed E-state index contributed by atoms with van der Waals surface area (Å²) in [5.74, 6) is -4.11. The van der Waals surface area contributed by atoms with Crippen molar-refractivity contribution in [1.82, 2.24) is 0 Å². The number of carbonyl (C=O) groups excluding carboxylic acids is 6. The second-order valence-electron chi connectivity index (χ2n) is 18.1. The van der Waals surface area contributed by atoms with E-state index in [1.165, 1.54) is 18.1 Å². The zero-order valence-corrected chi connectivity index (χ0v) is 51.3. The van der Waals surface area contributed by atoms with Gasteiger partial charge in [-0.3, -0.25) is 38.4 Å². The van der Waals surface area contributed by atoms with Crippen LogP contribution in [0.25, 0.3) is 17.7 Å². The van der Waals surface area contributed by atoms with Crippen molar-refractivity contribution in [2.45, 2.75) is 104 Å². The Kier molecular flexibility index (Phi) is 49.0. The number of aliphatic hydroxyl groups excluding tert-OH is 2. The molecule has 0 spiro atoms. The van der Waals surface area contributed by atoms with E-state index in [4.69, 9.17) is 44.8 Å². The number of aromatic hydroxyl groups is 1. The molecule has 90 heavy (non-hydrogen) atoms. The van der Waals surface area contributed by atoms with Crippen molar-refractivity contribution < 1.29 is 116 Å². The maximum absolute atomic E-state index is 10.7. The molecule has 0 radical (unpaired) electrons. The SMILES string of the molecule is C=C(C)OC(=O)CC1CO1.C=C(C)OC(=O)CCC(=O)O.C=C(C)OC(=O)CCO.C=C(C)c1ccc(C(=O)O)cc1.C=COC(=O)CC1CO1.C=COC(=O)CCC(=O)O.C=COC(=O)CCO.C=Cc1ccc(CC2CO2)cc1.C=Cc1ccc(O)cc1. The number of benzene rings is 3. The molecular weight excluding hydrogens is 1180 g/mol. The van der Waals surface area contributed by atoms with Crippen LogP contribution in [-0.4, -0.2) is 136 Å². The molecule has 3 atom stereocenters. The average Bonchev–Trinajstić information content (AvgIpc) is 2.90. The van der Waals surface area contributed by atoms with Gasteiger partial charge in [0.05, 0.1) is 144 Å². The lowest BCUT2D eigenvalue weighted by Crippen LogP contribution is -2.05. The number of carboxylic acids is 3. The van der Waals surface area contributed by atoms with Crippen molar-refractivity contribution in [2.24, 2.45) is 0 Å². The van der Waals surface area contributed by atoms with Crippen LogP contribution in [0.2, 0.25) is 0 Å². The Labute approximate surface area is 524 Å². The van der Waals surface area contributed by atoms with Gasteiger partial charge in [0, 0.05) is 6.42 Å². The highest BCUT2D eigenvalue weighted by atomic mass is 16.6. The van der Waals surface area contributed by atoms with Gasteiger partial charge in [-0.25, -0.2) is 4.79 Å². The summed E-state index contributed by atoms with van der Waals surface area (Å²) >= 11 is 0. The zero-order valence-electron chi connectivity index (χ0n) is 51.3. The normalized spacial score (nSPS) is 13.2. The molecular formula is C66H84O24. The summed E-state index contributed by atoms with van der Waals surface area (Å²) in [6, 6.07) is 22.0. The number of phenols is 1. The molecule has 6 N–H and O–H groups in total. The van der Waals surface area contributed by atoms with Crippen molar-refractivity contribution in [3.05, 3.63) is 196 Å². The topological polar surface area (TPSA) is 368 Å². The highest BCUT2D eigenvalue weighted by Crippen LogP contribution is 2.18. The summed E-state index contributed by atoms with van der Waals surface area (Å²) in [7, 11) is 0. The van der Waals surface area contributed by atoms with Crippen LogP contribution in [0.4, 0.5) is 0 Å². The maximum atomic E-state index is 10.7. The summed E-state index contributed by atoms with van der Waals surface area (Å²) in [5, 5.41) is 50.0. The van der Waals surface area contributed by atoms with Crippen molar-refractivity contribution >= 4 is 71.4 Å². The number of aliphatic carboxylic acids is 2. The number of carbonyl (C=O) groups is 9. The van der Waals surface area contributed by atoms with Crippen LogP contribution in [0.5, 0.6) is 5.75 Å². The van der Waals surface area contributed by atoms with Crippen LogP contribution in [0.3, 0.4) is 0 Å². The molecule has 0 saturated carbocycles. The lowest BCUT2D eigenvalue weighted by molar-refractivity contribution is -0.144. The molecule has 3 saturated heterocycles. The number of carboxylic acid groups (broad SMARTS) is 3. The highest BCUT2D eigenvalue weighted by molar-refractivity contribution is 5.88. The highest BCUT2D eigenvalue weighted by Gasteiger charge is 2.27. The van der Waals surface area contributed by atoms with E-state index in [-0.39, 0.29) is 81.6 Å². The zero-order chi connectivity index (χ0) is 69.0. The van der Waals surface area contributed by atoms with Gasteiger partial charge in [-0.2, -0.15) is 0 Å². The Morgan fingerprint density at radius 2 is 0.789 bits per heavy atom. The summed E-state index contributed by atoms with van der Waals surface area (Å²) in [6.07, 6.45) is 8.64. The third-order valence-corrected chi connectivity index (χ3v) is 9.65. The van der Waals surface area contributed by atoms with E-state index in [0.29, 0.717) is 55.0 Å². The van der Waals surface area contributed by atoms with Gasteiger partial charge >= 0.3 is 53.7 Å². The quantitative estimate of drug-likeness (QED) is 0.0188. The number of allylic oxidation sites excluding steroid dienone is 4. The summed E-state index contributed by atoms with van der Waals surface area (Å²) < 4.78 is 41.4. The standard InChI is InChI=1S/C11H12O.C10H10O2.C8H8O.C7H10O4.C7H10O3.C6H8O4.C6H8O3.C6H10O3.C5H8O3/c1-2-9-3-5-10(6-4-9)7-11-8-12-11;1-7(2)8-3-5-9(6-4-8)10(11)12;1-2-7-3-5-8(9)6-4-7;1-5(2)11-7(10)4-3-6(8)9;1-5(2)10-7(8)3-6-4-9-6;1-2-10-6(9)4-3-5(7)8;1-2-8-6(7)3-5-4-9-5;1-5(2)9-6(8)3-4-7;1-2-8-5(7)3-4-6/h2-6,11H,1,7-8H2;3-6H,1H2,2H3,(H,11,12);2-6,9H,1H2;1,3-4H2,2H3,(H,8,9);6H,1,3-4H2,2H3;2H,1,3-4H2,(H,7,8);2,5H,1,3-4H2;7H,1,3-4H2,2H3;2,6H,1,3-4H2. The number of aromatic carboxylic acids is 1. The maximum Gasteiger partial charge on any atom is 0.335 e. The largest absolute Gasteiger partial charge is 0.508 e. The van der Waals surface area contributed by atoms with Gasteiger partial charge in [-0.1, -0.05) is 125 Å². The summed E-state index contributed by atoms with van der Waals surface area (Å²) in [4.78, 5) is 93.2. The second-order valence-corrected chi connectivity index (χ2v) is 18.1. The van der Waals surface area contributed by atoms with E-state index in [2.05, 4.69) is 112 Å². The van der Waals surface area contributed by atoms with Gasteiger partial charge in [0.2, 0.25) is 0 Å². The lowest BCUT2D eigenvalue weighted by Gasteiger charge is -1.99. The van der Waals surface area contributed by atoms with E-state index in [0.717, 1.165) is 48.5 Å². The Balaban J connectivity index is -0.000000949. The Hall–Kier alpha value is -9.85.